The molecule has 160 valence electrons. The first kappa shape index (κ1) is 21.1. The highest BCUT2D eigenvalue weighted by Gasteiger charge is 2.24. The third-order valence-corrected chi connectivity index (χ3v) is 5.07. The van der Waals surface area contributed by atoms with Crippen molar-refractivity contribution in [2.45, 2.75) is 0 Å². The molecule has 0 saturated heterocycles. The number of rotatable bonds is 4. The van der Waals surface area contributed by atoms with E-state index in [1.165, 1.54) is 7.11 Å². The molecule has 0 saturated carbocycles. The molecule has 0 fully saturated rings. The fraction of sp³-hybridized carbons (Fsp3) is 0.0417. The van der Waals surface area contributed by atoms with Gasteiger partial charge >= 0.3 is 6.03 Å². The number of urea groups is 1. The molecule has 3 aromatic rings. The summed E-state index contributed by atoms with van der Waals surface area (Å²) >= 11 is 5.91. The molecule has 0 atom stereocenters. The second kappa shape index (κ2) is 8.95. The number of halogens is 1. The molecule has 0 radical (unpaired) electrons. The minimum absolute atomic E-state index is 0.244. The first-order valence-electron chi connectivity index (χ1n) is 9.62. The quantitative estimate of drug-likeness (QED) is 0.500. The number of carbonyl (C=O) groups is 3. The fourth-order valence-electron chi connectivity index (χ4n) is 3.22. The number of anilines is 2. The number of nitrogens with one attached hydrogen (secondary N) is 3. The Labute approximate surface area is 189 Å². The van der Waals surface area contributed by atoms with E-state index in [4.69, 9.17) is 16.3 Å². The van der Waals surface area contributed by atoms with E-state index in [9.17, 15) is 14.4 Å². The minimum atomic E-state index is -0.688. The van der Waals surface area contributed by atoms with Crippen molar-refractivity contribution in [1.82, 2.24) is 5.32 Å². The summed E-state index contributed by atoms with van der Waals surface area (Å²) in [6.07, 6.45) is 1.77. The van der Waals surface area contributed by atoms with E-state index in [2.05, 4.69) is 16.0 Å². The van der Waals surface area contributed by atoms with Crippen LogP contribution in [0.3, 0.4) is 0 Å². The Balaban J connectivity index is 1.45. The maximum Gasteiger partial charge on any atom is 0.326 e. The second-order valence-electron chi connectivity index (χ2n) is 6.96. The standard InChI is InChI=1S/C24H18ClN3O4/c1-32-18-9-4-15(5-10-18)22(29)28-24(31)26-17-8-11-19-20(23(30)27-21(19)13-17)12-14-2-6-16(25)7-3-14/h2-13H,1H3,(H,27,30)(H2,26,28,29,31)/b20-12+. The van der Waals surface area contributed by atoms with E-state index < -0.39 is 11.9 Å². The van der Waals surface area contributed by atoms with Crippen molar-refractivity contribution in [3.05, 3.63) is 88.4 Å². The Morgan fingerprint density at radius 3 is 2.41 bits per heavy atom. The lowest BCUT2D eigenvalue weighted by Crippen LogP contribution is -2.34. The summed E-state index contributed by atoms with van der Waals surface area (Å²) < 4.78 is 5.05. The Bertz CT molecular complexity index is 1240. The highest BCUT2D eigenvalue weighted by Crippen LogP contribution is 2.35. The van der Waals surface area contributed by atoms with Gasteiger partial charge in [0.05, 0.1) is 12.8 Å². The maximum absolute atomic E-state index is 12.4. The molecule has 1 aliphatic rings. The van der Waals surface area contributed by atoms with Crippen LogP contribution in [0.5, 0.6) is 5.75 Å². The molecule has 4 rings (SSSR count). The molecule has 0 unspecified atom stereocenters. The van der Waals surface area contributed by atoms with Crippen molar-refractivity contribution >= 4 is 52.5 Å². The molecule has 8 heteroatoms. The number of hydrogen-bond acceptors (Lipinski definition) is 4. The van der Waals surface area contributed by atoms with Crippen LogP contribution in [-0.4, -0.2) is 25.0 Å². The van der Waals surface area contributed by atoms with Gasteiger partial charge in [-0.05, 0) is 60.2 Å². The summed E-state index contributed by atoms with van der Waals surface area (Å²) in [6.45, 7) is 0. The summed E-state index contributed by atoms with van der Waals surface area (Å²) in [6, 6.07) is 17.8. The smallest absolute Gasteiger partial charge is 0.326 e. The van der Waals surface area contributed by atoms with Crippen LogP contribution in [0.4, 0.5) is 16.2 Å². The summed E-state index contributed by atoms with van der Waals surface area (Å²) in [4.78, 5) is 36.9. The normalized spacial score (nSPS) is 13.3. The van der Waals surface area contributed by atoms with Gasteiger partial charge in [-0.25, -0.2) is 4.79 Å². The van der Waals surface area contributed by atoms with E-state index in [-0.39, 0.29) is 5.91 Å². The third kappa shape index (κ3) is 4.63. The lowest BCUT2D eigenvalue weighted by molar-refractivity contribution is -0.110. The van der Waals surface area contributed by atoms with Gasteiger partial charge in [-0.2, -0.15) is 0 Å². The third-order valence-electron chi connectivity index (χ3n) is 4.82. The summed E-state index contributed by atoms with van der Waals surface area (Å²) in [5.41, 5.74) is 3.37. The van der Waals surface area contributed by atoms with Crippen LogP contribution in [0.1, 0.15) is 21.5 Å². The molecule has 3 N–H and O–H groups in total. The Kier molecular flexibility index (Phi) is 5.91. The van der Waals surface area contributed by atoms with E-state index in [1.807, 2.05) is 12.1 Å². The van der Waals surface area contributed by atoms with Crippen LogP contribution in [0, 0.1) is 0 Å². The fourth-order valence-corrected chi connectivity index (χ4v) is 3.35. The molecule has 0 aromatic heterocycles. The van der Waals surface area contributed by atoms with Crippen LogP contribution in [0.15, 0.2) is 66.7 Å². The highest BCUT2D eigenvalue weighted by atomic mass is 35.5. The van der Waals surface area contributed by atoms with E-state index >= 15 is 0 Å². The predicted molar refractivity (Wildman–Crippen MR) is 124 cm³/mol. The average molecular weight is 448 g/mol. The molecule has 0 bridgehead atoms. The van der Waals surface area contributed by atoms with Gasteiger partial charge in [-0.3, -0.25) is 14.9 Å². The van der Waals surface area contributed by atoms with Crippen molar-refractivity contribution in [2.75, 3.05) is 17.7 Å². The Morgan fingerprint density at radius 1 is 1.00 bits per heavy atom. The molecule has 1 aliphatic heterocycles. The number of hydrogen-bond donors (Lipinski definition) is 3. The maximum atomic E-state index is 12.4. The van der Waals surface area contributed by atoms with Gasteiger partial charge in [0.15, 0.2) is 0 Å². The zero-order chi connectivity index (χ0) is 22.7. The van der Waals surface area contributed by atoms with E-state index in [0.717, 1.165) is 5.56 Å². The zero-order valence-electron chi connectivity index (χ0n) is 16.9. The van der Waals surface area contributed by atoms with Crippen LogP contribution in [0.25, 0.3) is 11.6 Å². The van der Waals surface area contributed by atoms with Crippen LogP contribution in [0.2, 0.25) is 5.02 Å². The summed E-state index contributed by atoms with van der Waals surface area (Å²) in [5.74, 6) is -0.185. The molecule has 1 heterocycles. The lowest BCUT2D eigenvalue weighted by Gasteiger charge is -2.09. The lowest BCUT2D eigenvalue weighted by atomic mass is 10.0. The number of benzene rings is 3. The average Bonchev–Trinajstić information content (AvgIpc) is 3.09. The molecule has 3 aromatic carbocycles. The van der Waals surface area contributed by atoms with E-state index in [1.54, 1.807) is 60.7 Å². The molecule has 32 heavy (non-hydrogen) atoms. The topological polar surface area (TPSA) is 96.5 Å². The van der Waals surface area contributed by atoms with Crippen molar-refractivity contribution in [3.8, 4) is 5.75 Å². The zero-order valence-corrected chi connectivity index (χ0v) is 17.7. The van der Waals surface area contributed by atoms with Crippen molar-refractivity contribution in [2.24, 2.45) is 0 Å². The second-order valence-corrected chi connectivity index (χ2v) is 7.40. The molecule has 4 amide bonds. The number of amides is 4. The first-order chi connectivity index (χ1) is 15.4. The highest BCUT2D eigenvalue weighted by molar-refractivity contribution is 6.35. The number of imide groups is 1. The van der Waals surface area contributed by atoms with E-state index in [0.29, 0.717) is 38.8 Å². The van der Waals surface area contributed by atoms with Crippen LogP contribution < -0.4 is 20.7 Å². The predicted octanol–water partition coefficient (Wildman–Crippen LogP) is 4.80. The Hall–Kier alpha value is -4.10. The number of ether oxygens (including phenoxy) is 1. The van der Waals surface area contributed by atoms with Crippen molar-refractivity contribution < 1.29 is 19.1 Å². The molecule has 0 aliphatic carbocycles. The molecule has 7 nitrogen and oxygen atoms in total. The van der Waals surface area contributed by atoms with Gasteiger partial charge in [0.25, 0.3) is 11.8 Å². The van der Waals surface area contributed by atoms with Gasteiger partial charge in [-0.1, -0.05) is 29.8 Å². The van der Waals surface area contributed by atoms with Crippen LogP contribution >= 0.6 is 11.6 Å². The monoisotopic (exact) mass is 447 g/mol. The van der Waals surface area contributed by atoms with Gasteiger partial charge in [0, 0.05) is 27.4 Å². The van der Waals surface area contributed by atoms with Gasteiger partial charge in [-0.15, -0.1) is 0 Å². The van der Waals surface area contributed by atoms with Gasteiger partial charge in [0.1, 0.15) is 5.75 Å². The molecular weight excluding hydrogens is 430 g/mol. The van der Waals surface area contributed by atoms with Crippen molar-refractivity contribution in [1.29, 1.82) is 0 Å². The molecular formula is C24H18ClN3O4. The summed E-state index contributed by atoms with van der Waals surface area (Å²) in [5, 5.41) is 8.26. The van der Waals surface area contributed by atoms with Crippen molar-refractivity contribution in [3.63, 3.8) is 0 Å². The summed E-state index contributed by atoms with van der Waals surface area (Å²) in [7, 11) is 1.53. The van der Waals surface area contributed by atoms with Gasteiger partial charge in [0.2, 0.25) is 0 Å². The minimum Gasteiger partial charge on any atom is -0.497 e. The number of fused-ring (bicyclic) bond motifs is 1. The number of methoxy groups -OCH3 is 1. The first-order valence-corrected chi connectivity index (χ1v) is 10.00. The number of carbonyl (C=O) groups excluding carboxylic acids is 3. The Morgan fingerprint density at radius 2 is 1.72 bits per heavy atom. The van der Waals surface area contributed by atoms with Crippen LogP contribution in [-0.2, 0) is 4.79 Å². The largest absolute Gasteiger partial charge is 0.497 e. The SMILES string of the molecule is COc1ccc(C(=O)NC(=O)Nc2ccc3c(c2)NC(=O)/C3=C/c2ccc(Cl)cc2)cc1. The van der Waals surface area contributed by atoms with Gasteiger partial charge < -0.3 is 15.4 Å². The molecule has 0 spiro atoms.